The lowest BCUT2D eigenvalue weighted by atomic mass is 10.0. The molecule has 0 saturated carbocycles. The van der Waals surface area contributed by atoms with Gasteiger partial charge in [0.15, 0.2) is 23.7 Å². The number of carbonyl (C=O) groups excluding carboxylic acids is 1. The van der Waals surface area contributed by atoms with Crippen molar-refractivity contribution in [1.82, 2.24) is 15.2 Å². The number of amides is 1. The maximum atomic E-state index is 14.7. The van der Waals surface area contributed by atoms with E-state index in [0.29, 0.717) is 70.9 Å². The van der Waals surface area contributed by atoms with Gasteiger partial charge in [-0.2, -0.15) is 0 Å². The maximum Gasteiger partial charge on any atom is 0.248 e. The van der Waals surface area contributed by atoms with Crippen LogP contribution in [0, 0.1) is 11.3 Å². The fourth-order valence-corrected chi connectivity index (χ4v) is 12.2. The Kier molecular flexibility index (Phi) is 33.3. The van der Waals surface area contributed by atoms with Crippen molar-refractivity contribution >= 4 is 110 Å². The first-order chi connectivity index (χ1) is 52.4. The van der Waals surface area contributed by atoms with Gasteiger partial charge in [-0.3, -0.25) is 15.2 Å². The lowest BCUT2D eigenvalue weighted by molar-refractivity contribution is -0.132. The lowest BCUT2D eigenvalue weighted by Crippen LogP contribution is -2.46. The van der Waals surface area contributed by atoms with Gasteiger partial charge in [0.2, 0.25) is 59.0 Å². The molecule has 1 amide bonds. The molecule has 7 rings (SSSR count). The van der Waals surface area contributed by atoms with Crippen LogP contribution in [0.2, 0.25) is 5.02 Å². The van der Waals surface area contributed by atoms with Crippen molar-refractivity contribution in [3.63, 3.8) is 0 Å². The van der Waals surface area contributed by atoms with Gasteiger partial charge in [0.1, 0.15) is 54.4 Å². The number of hydrogen-bond acceptors (Lipinski definition) is 16. The zero-order valence-electron chi connectivity index (χ0n) is 63.0. The molecule has 29 nitrogen and oxygen atoms in total. The molecular weight excluding hydrogens is 1430 g/mol. The molecule has 0 radical (unpaired) electrons. The van der Waals surface area contributed by atoms with Crippen molar-refractivity contribution in [3.05, 3.63) is 173 Å². The molecule has 15 N–H and O–H groups in total. The summed E-state index contributed by atoms with van der Waals surface area (Å²) in [6, 6.07) is 22.6. The standard InChI is InChI=1S/C80H102ClN15O14/c1-46(2)37-63(72(102)89-62(18-11-12-35-84-47(3)4)80(110)96-36-14-19-70(96)79(109)85-48(5)71(82)101)90-74(104)66(40-53-23-30-60(31-24-53)86-49(6)98)92-76(106)67(41-54-25-32-61(33-26-54)87-50(7)99)94-78(108)69(45-97)95-77(107)68(43-56-15-13-34-83-44-56)93-75(105)65(39-52-21-28-59(81)29-22-52)91-73(103)64(88-51(8)100)42-55-20-27-57-16-9-10-17-58(57)38-55/h9-10,13,15-17,20-34,38,44,46-48,62-70,84,97H,11-12,14,18-19,35-37,39-43,45H2,1-8H3,(H2,82,101)(H,85,109)(H,86,98)(H,87,99)(H,88,100)(H,89,102)(H,90,104)(H,91,103)(H,92,106)(H,93,105)(H,94,108)(H,95,107)/t48-,62+,63+,64+,65-,66-,67+,68-,69+,70+/m1/s1. The zero-order valence-corrected chi connectivity index (χ0v) is 63.8. The highest BCUT2D eigenvalue weighted by Crippen LogP contribution is 2.26. The third-order valence-electron chi connectivity index (χ3n) is 17.7. The number of halogens is 1. The van der Waals surface area contributed by atoms with E-state index < -0.39 is 126 Å². The highest BCUT2D eigenvalue weighted by molar-refractivity contribution is 6.30. The molecule has 588 valence electrons. The maximum absolute atomic E-state index is 14.7. The summed E-state index contributed by atoms with van der Waals surface area (Å²) in [4.78, 5) is 68.7. The number of pyridine rings is 1. The van der Waals surface area contributed by atoms with Crippen LogP contribution < -0.4 is 5.32 Å². The quantitative estimate of drug-likeness (QED) is 0.00965. The Labute approximate surface area is 644 Å². The summed E-state index contributed by atoms with van der Waals surface area (Å²) in [6.45, 7) is 13.0. The number of nitrogens with one attached hydrogen (secondary N) is 2. The van der Waals surface area contributed by atoms with E-state index in [1.54, 1.807) is 84.9 Å². The molecule has 1 fully saturated rings. The fourth-order valence-electron chi connectivity index (χ4n) is 12.1. The molecule has 6 aromatic rings. The Morgan fingerprint density at radius 2 is 0.955 bits per heavy atom. The van der Waals surface area contributed by atoms with Crippen molar-refractivity contribution < 1.29 is 71.2 Å². The fraction of sp³-hybridized carbons (Fsp3) is 0.425. The number of aliphatic imine (C=N–C) groups is 11. The molecule has 1 aliphatic rings. The largest absolute Gasteiger partial charge is 0.497 e. The Morgan fingerprint density at radius 1 is 0.509 bits per heavy atom. The van der Waals surface area contributed by atoms with Gasteiger partial charge in [0.05, 0.1) is 18.0 Å². The van der Waals surface area contributed by atoms with Gasteiger partial charge in [0.25, 0.3) is 0 Å². The van der Waals surface area contributed by atoms with Crippen molar-refractivity contribution in [1.29, 1.82) is 5.41 Å². The minimum atomic E-state index is -1.83. The molecular formula is C80H102ClN15O14. The highest BCUT2D eigenvalue weighted by atomic mass is 35.5. The van der Waals surface area contributed by atoms with Gasteiger partial charge in [-0.15, -0.1) is 0 Å². The average molecular weight is 1530 g/mol. The van der Waals surface area contributed by atoms with Crippen LogP contribution in [0.25, 0.3) is 10.8 Å². The molecule has 10 atom stereocenters. The summed E-state index contributed by atoms with van der Waals surface area (Å²) < 4.78 is 0. The minimum absolute atomic E-state index is 0.0511. The van der Waals surface area contributed by atoms with Gasteiger partial charge >= 0.3 is 0 Å². The van der Waals surface area contributed by atoms with Gasteiger partial charge in [-0.25, -0.2) is 54.9 Å². The second-order valence-electron chi connectivity index (χ2n) is 27.7. The summed E-state index contributed by atoms with van der Waals surface area (Å²) in [6.07, 6.45) is 4.35. The Morgan fingerprint density at radius 3 is 1.43 bits per heavy atom. The predicted molar refractivity (Wildman–Crippen MR) is 436 cm³/mol. The Hall–Kier alpha value is -11.2. The number of aliphatic hydroxyl groups excluding tert-OH is 13. The molecule has 1 aromatic heterocycles. The van der Waals surface area contributed by atoms with E-state index in [0.717, 1.165) is 16.3 Å². The average Bonchev–Trinajstić information content (AvgIpc) is 1.77. The SMILES string of the molecule is CC(O)=Nc1ccc(C[C@H](N=C(O)[C@H](CO)N=C(O)[C@@H](Cc2cccnc2)N=C(O)[C@@H](Cc2ccc(Cl)cc2)N=C(O)[C@H](Cc2ccc3ccccc3c2)N=C(C)O)C(O)=N[C@H](Cc2ccc(N=C(C)O)cc2)C(O)=N[C@@H](CC(C)C)C(O)=N[C@@H](CCCCNC(C)C)C(=O)N2CCC[C@H]2C(O)=N[C@H](C)C(=N)O)cc1. The minimum Gasteiger partial charge on any atom is -0.497 e. The van der Waals surface area contributed by atoms with Crippen LogP contribution in [0.15, 0.2) is 195 Å². The van der Waals surface area contributed by atoms with E-state index in [-0.39, 0.29) is 81.1 Å². The number of fused-ring (bicyclic) bond motifs is 1. The molecule has 0 spiro atoms. The molecule has 0 bridgehead atoms. The van der Waals surface area contributed by atoms with E-state index in [9.17, 15) is 71.2 Å². The van der Waals surface area contributed by atoms with Crippen LogP contribution in [0.3, 0.4) is 0 Å². The summed E-state index contributed by atoms with van der Waals surface area (Å²) in [5, 5.41) is 162. The number of unbranched alkanes of at least 4 members (excludes halogenated alkanes) is 1. The number of rotatable bonds is 40. The summed E-state index contributed by atoms with van der Waals surface area (Å²) in [7, 11) is 0. The third kappa shape index (κ3) is 27.8. The second-order valence-corrected chi connectivity index (χ2v) is 28.1. The van der Waals surface area contributed by atoms with Crippen LogP contribution >= 0.6 is 11.6 Å². The number of aromatic nitrogens is 1. The van der Waals surface area contributed by atoms with Crippen molar-refractivity contribution in [3.8, 4) is 0 Å². The lowest BCUT2D eigenvalue weighted by Gasteiger charge is -2.27. The first kappa shape index (κ1) is 86.1. The van der Waals surface area contributed by atoms with Gasteiger partial charge in [-0.05, 0) is 139 Å². The second kappa shape index (κ2) is 42.5. The van der Waals surface area contributed by atoms with E-state index in [4.69, 9.17) is 17.0 Å². The first-order valence-corrected chi connectivity index (χ1v) is 36.9. The third-order valence-corrected chi connectivity index (χ3v) is 17.9. The monoisotopic (exact) mass is 1530 g/mol. The summed E-state index contributed by atoms with van der Waals surface area (Å²) >= 11 is 6.28. The van der Waals surface area contributed by atoms with E-state index in [1.165, 1.54) is 45.0 Å². The summed E-state index contributed by atoms with van der Waals surface area (Å²) in [5.74, 6) is -8.12. The van der Waals surface area contributed by atoms with Crippen LogP contribution in [-0.2, 0) is 36.9 Å². The highest BCUT2D eigenvalue weighted by Gasteiger charge is 2.38. The van der Waals surface area contributed by atoms with Crippen LogP contribution in [0.4, 0.5) is 11.4 Å². The normalized spacial score (nSPS) is 17.6. The van der Waals surface area contributed by atoms with E-state index in [2.05, 4.69) is 65.2 Å². The predicted octanol–water partition coefficient (Wildman–Crippen LogP) is 13.3. The summed E-state index contributed by atoms with van der Waals surface area (Å²) in [5.41, 5.74) is 3.46. The van der Waals surface area contributed by atoms with Gasteiger partial charge < -0.3 is 76.6 Å². The zero-order chi connectivity index (χ0) is 80.1. The van der Waals surface area contributed by atoms with E-state index >= 15 is 0 Å². The van der Waals surface area contributed by atoms with Crippen LogP contribution in [-0.4, -0.2) is 239 Å². The van der Waals surface area contributed by atoms with Crippen LogP contribution in [0.5, 0.6) is 0 Å². The Bertz CT molecular complexity index is 4360. The van der Waals surface area contributed by atoms with Gasteiger partial charge in [-0.1, -0.05) is 124 Å². The number of carbonyl (C=O) groups is 1. The van der Waals surface area contributed by atoms with Crippen molar-refractivity contribution in [2.24, 2.45) is 60.8 Å². The number of nitrogens with zero attached hydrogens (tertiary/aromatic N) is 13. The number of hydrogen-bond donors (Lipinski definition) is 15. The number of likely N-dealkylation sites (tertiary alicyclic amines) is 1. The Balaban J connectivity index is 1.33. The molecule has 0 unspecified atom stereocenters. The molecule has 0 aliphatic carbocycles. The van der Waals surface area contributed by atoms with Gasteiger partial charge in [0, 0.05) is 82.9 Å². The van der Waals surface area contributed by atoms with Crippen LogP contribution in [0.1, 0.15) is 122 Å². The van der Waals surface area contributed by atoms with Crippen molar-refractivity contribution in [2.45, 2.75) is 192 Å². The van der Waals surface area contributed by atoms with Crippen molar-refractivity contribution in [2.75, 3.05) is 19.7 Å². The molecule has 110 heavy (non-hydrogen) atoms. The first-order valence-electron chi connectivity index (χ1n) is 36.5. The molecule has 1 saturated heterocycles. The molecule has 1 aliphatic heterocycles. The smallest absolute Gasteiger partial charge is 0.248 e. The van der Waals surface area contributed by atoms with E-state index in [1.807, 2.05) is 70.2 Å². The molecule has 30 heteroatoms. The molecule has 2 heterocycles. The number of aliphatic hydroxyl groups is 13. The number of benzene rings is 5. The molecule has 5 aromatic carbocycles. The topological polar surface area (TPSA) is 468 Å².